The Hall–Kier alpha value is -1.43. The normalized spacial score (nSPS) is 10.4. The maximum Gasteiger partial charge on any atom is 0.255 e. The van der Waals surface area contributed by atoms with Crippen LogP contribution >= 0.6 is 15.9 Å². The van der Waals surface area contributed by atoms with Gasteiger partial charge in [-0.3, -0.25) is 9.59 Å². The number of benzene rings is 1. The van der Waals surface area contributed by atoms with E-state index in [0.29, 0.717) is 24.0 Å². The Morgan fingerprint density at radius 3 is 2.50 bits per heavy atom. The van der Waals surface area contributed by atoms with Gasteiger partial charge in [-0.15, -0.1) is 0 Å². The van der Waals surface area contributed by atoms with Crippen LogP contribution in [0.4, 0.5) is 4.39 Å². The van der Waals surface area contributed by atoms with Gasteiger partial charge in [0.05, 0.1) is 5.56 Å². The van der Waals surface area contributed by atoms with Crippen LogP contribution in [-0.4, -0.2) is 24.9 Å². The molecule has 0 heterocycles. The lowest BCUT2D eigenvalue weighted by molar-refractivity contribution is -0.123. The Balaban J connectivity index is 2.36. The van der Waals surface area contributed by atoms with Gasteiger partial charge in [0.25, 0.3) is 5.91 Å². The summed E-state index contributed by atoms with van der Waals surface area (Å²) in [6.07, 6.45) is 0.594. The van der Waals surface area contributed by atoms with E-state index < -0.39 is 11.7 Å². The predicted molar refractivity (Wildman–Crippen MR) is 78.9 cm³/mol. The molecular weight excluding hydrogens is 327 g/mol. The summed E-state index contributed by atoms with van der Waals surface area (Å²) < 4.78 is 13.9. The molecule has 0 aromatic heterocycles. The summed E-state index contributed by atoms with van der Waals surface area (Å²) >= 11 is 3.15. The van der Waals surface area contributed by atoms with Crippen molar-refractivity contribution in [2.75, 3.05) is 13.1 Å². The van der Waals surface area contributed by atoms with Crippen molar-refractivity contribution in [3.63, 3.8) is 0 Å². The fourth-order valence-corrected chi connectivity index (χ4v) is 2.03. The van der Waals surface area contributed by atoms with E-state index in [0.717, 1.165) is 0 Å². The number of nitrogens with one attached hydrogen (secondary N) is 2. The van der Waals surface area contributed by atoms with Crippen LogP contribution in [0.2, 0.25) is 0 Å². The molecule has 0 aliphatic carbocycles. The van der Waals surface area contributed by atoms with E-state index >= 15 is 0 Å². The molecule has 0 aliphatic heterocycles. The quantitative estimate of drug-likeness (QED) is 0.779. The first-order valence-electron chi connectivity index (χ1n) is 6.43. The van der Waals surface area contributed by atoms with Crippen LogP contribution in [0.3, 0.4) is 0 Å². The molecule has 0 saturated carbocycles. The van der Waals surface area contributed by atoms with Crippen LogP contribution in [0.25, 0.3) is 0 Å². The molecule has 0 atom stereocenters. The van der Waals surface area contributed by atoms with Crippen molar-refractivity contribution in [3.05, 3.63) is 34.1 Å². The van der Waals surface area contributed by atoms with Gasteiger partial charge in [0.1, 0.15) is 5.82 Å². The van der Waals surface area contributed by atoms with Crippen LogP contribution in [-0.2, 0) is 4.79 Å². The number of hydrogen-bond acceptors (Lipinski definition) is 2. The van der Waals surface area contributed by atoms with Gasteiger partial charge in [-0.2, -0.15) is 0 Å². The molecule has 20 heavy (non-hydrogen) atoms. The molecule has 110 valence electrons. The Morgan fingerprint density at radius 1 is 1.25 bits per heavy atom. The second-order valence-corrected chi connectivity index (χ2v) is 5.51. The highest BCUT2D eigenvalue weighted by Gasteiger charge is 2.14. The van der Waals surface area contributed by atoms with Gasteiger partial charge in [0.15, 0.2) is 0 Å². The highest BCUT2D eigenvalue weighted by molar-refractivity contribution is 9.10. The summed E-state index contributed by atoms with van der Waals surface area (Å²) in [5, 5.41) is 5.37. The SMILES string of the molecule is CC(C)C(=O)NCCCNC(=O)c1c(F)cccc1Br. The fraction of sp³-hybridized carbons (Fsp3) is 0.429. The van der Waals surface area contributed by atoms with Gasteiger partial charge < -0.3 is 10.6 Å². The van der Waals surface area contributed by atoms with Crippen molar-refractivity contribution in [2.24, 2.45) is 5.92 Å². The molecular formula is C14H18BrFN2O2. The van der Waals surface area contributed by atoms with Crippen molar-refractivity contribution in [2.45, 2.75) is 20.3 Å². The zero-order valence-corrected chi connectivity index (χ0v) is 13.1. The number of amides is 2. The third-order valence-corrected chi connectivity index (χ3v) is 3.31. The zero-order chi connectivity index (χ0) is 15.1. The van der Waals surface area contributed by atoms with E-state index in [9.17, 15) is 14.0 Å². The van der Waals surface area contributed by atoms with Crippen molar-refractivity contribution < 1.29 is 14.0 Å². The first kappa shape index (κ1) is 16.6. The third-order valence-electron chi connectivity index (χ3n) is 2.65. The third kappa shape index (κ3) is 4.92. The van der Waals surface area contributed by atoms with Gasteiger partial charge in [-0.1, -0.05) is 19.9 Å². The summed E-state index contributed by atoms with van der Waals surface area (Å²) in [5.74, 6) is -1.11. The molecule has 0 radical (unpaired) electrons. The molecule has 4 nitrogen and oxygen atoms in total. The molecule has 0 fully saturated rings. The van der Waals surface area contributed by atoms with Crippen molar-refractivity contribution in [1.82, 2.24) is 10.6 Å². The maximum atomic E-state index is 13.5. The standard InChI is InChI=1S/C14H18BrFN2O2/c1-9(2)13(19)17-7-4-8-18-14(20)12-10(15)5-3-6-11(12)16/h3,5-6,9H,4,7-8H2,1-2H3,(H,17,19)(H,18,20). The van der Waals surface area contributed by atoms with Crippen LogP contribution in [0.15, 0.2) is 22.7 Å². The lowest BCUT2D eigenvalue weighted by Crippen LogP contribution is -2.32. The monoisotopic (exact) mass is 344 g/mol. The number of carbonyl (C=O) groups excluding carboxylic acids is 2. The van der Waals surface area contributed by atoms with Crippen molar-refractivity contribution in [1.29, 1.82) is 0 Å². The molecule has 0 bridgehead atoms. The zero-order valence-electron chi connectivity index (χ0n) is 11.5. The van der Waals surface area contributed by atoms with Crippen LogP contribution < -0.4 is 10.6 Å². The van der Waals surface area contributed by atoms with Crippen molar-refractivity contribution in [3.8, 4) is 0 Å². The second kappa shape index (κ2) is 7.99. The number of rotatable bonds is 6. The smallest absolute Gasteiger partial charge is 0.255 e. The average Bonchev–Trinajstić information content (AvgIpc) is 2.37. The van der Waals surface area contributed by atoms with E-state index in [1.165, 1.54) is 12.1 Å². The maximum absolute atomic E-state index is 13.5. The largest absolute Gasteiger partial charge is 0.356 e. The number of hydrogen-bond donors (Lipinski definition) is 2. The Morgan fingerprint density at radius 2 is 1.90 bits per heavy atom. The molecule has 1 aromatic rings. The lowest BCUT2D eigenvalue weighted by Gasteiger charge is -2.09. The Bertz CT molecular complexity index is 472. The molecule has 2 amide bonds. The van der Waals surface area contributed by atoms with Gasteiger partial charge in [0, 0.05) is 23.5 Å². The lowest BCUT2D eigenvalue weighted by atomic mass is 10.2. The van der Waals surface area contributed by atoms with E-state index in [4.69, 9.17) is 0 Å². The highest BCUT2D eigenvalue weighted by Crippen LogP contribution is 2.19. The first-order chi connectivity index (χ1) is 9.43. The molecule has 1 aromatic carbocycles. The van der Waals surface area contributed by atoms with Crippen LogP contribution in [0.1, 0.15) is 30.6 Å². The molecule has 0 unspecified atom stereocenters. The first-order valence-corrected chi connectivity index (χ1v) is 7.22. The second-order valence-electron chi connectivity index (χ2n) is 4.65. The summed E-state index contributed by atoms with van der Waals surface area (Å²) in [5.41, 5.74) is -0.00119. The Kier molecular flexibility index (Phi) is 6.64. The summed E-state index contributed by atoms with van der Waals surface area (Å²) in [7, 11) is 0. The van der Waals surface area contributed by atoms with Crippen LogP contribution in [0, 0.1) is 11.7 Å². The van der Waals surface area contributed by atoms with E-state index in [-0.39, 0.29) is 17.4 Å². The summed E-state index contributed by atoms with van der Waals surface area (Å²) in [4.78, 5) is 23.1. The number of halogens is 2. The molecule has 0 spiro atoms. The minimum Gasteiger partial charge on any atom is -0.356 e. The van der Waals surface area contributed by atoms with Crippen LogP contribution in [0.5, 0.6) is 0 Å². The average molecular weight is 345 g/mol. The highest BCUT2D eigenvalue weighted by atomic mass is 79.9. The number of carbonyl (C=O) groups is 2. The van der Waals surface area contributed by atoms with Gasteiger partial charge in [-0.25, -0.2) is 4.39 Å². The summed E-state index contributed by atoms with van der Waals surface area (Å²) in [6.45, 7) is 4.48. The molecule has 0 saturated heterocycles. The van der Waals surface area contributed by atoms with Gasteiger partial charge in [0.2, 0.25) is 5.91 Å². The van der Waals surface area contributed by atoms with E-state index in [2.05, 4.69) is 26.6 Å². The summed E-state index contributed by atoms with van der Waals surface area (Å²) in [6, 6.07) is 4.38. The predicted octanol–water partition coefficient (Wildman–Crippen LogP) is 2.48. The fourth-order valence-electron chi connectivity index (χ4n) is 1.51. The van der Waals surface area contributed by atoms with Gasteiger partial charge >= 0.3 is 0 Å². The molecule has 0 aliphatic rings. The van der Waals surface area contributed by atoms with Crippen molar-refractivity contribution >= 4 is 27.7 Å². The van der Waals surface area contributed by atoms with E-state index in [1.807, 2.05) is 13.8 Å². The molecule has 1 rings (SSSR count). The van der Waals surface area contributed by atoms with Gasteiger partial charge in [-0.05, 0) is 34.5 Å². The molecule has 2 N–H and O–H groups in total. The Labute approximate surface area is 126 Å². The van der Waals surface area contributed by atoms with E-state index in [1.54, 1.807) is 6.07 Å². The molecule has 6 heteroatoms. The topological polar surface area (TPSA) is 58.2 Å². The minimum atomic E-state index is -0.565. The minimum absolute atomic E-state index is 0.00119.